The van der Waals surface area contributed by atoms with Crippen LogP contribution in [-0.4, -0.2) is 22.8 Å². The highest BCUT2D eigenvalue weighted by atomic mass is 79.9. The van der Waals surface area contributed by atoms with Crippen LogP contribution in [0.15, 0.2) is 59.1 Å². The number of halogens is 1. The number of thiophene rings is 1. The molecule has 0 atom stereocenters. The van der Waals surface area contributed by atoms with Gasteiger partial charge in [0.2, 0.25) is 0 Å². The van der Waals surface area contributed by atoms with Gasteiger partial charge in [-0.15, -0.1) is 11.3 Å². The minimum absolute atomic E-state index is 0.0845. The summed E-state index contributed by atoms with van der Waals surface area (Å²) in [5.74, 6) is 0.714. The van der Waals surface area contributed by atoms with E-state index in [0.717, 1.165) is 37.4 Å². The highest BCUT2D eigenvalue weighted by molar-refractivity contribution is 9.10. The molecule has 142 valence electrons. The van der Waals surface area contributed by atoms with E-state index in [1.54, 1.807) is 7.11 Å². The molecule has 0 saturated carbocycles. The number of aryl methyl sites for hydroxylation is 1. The Bertz CT molecular complexity index is 1130. The van der Waals surface area contributed by atoms with Gasteiger partial charge in [-0.1, -0.05) is 28.1 Å². The van der Waals surface area contributed by atoms with E-state index in [1.807, 2.05) is 66.2 Å². The third-order valence-electron chi connectivity index (χ3n) is 4.45. The number of amides is 1. The minimum Gasteiger partial charge on any atom is -0.497 e. The Labute approximate surface area is 175 Å². The summed E-state index contributed by atoms with van der Waals surface area (Å²) >= 11 is 4.90. The SMILES string of the molecule is COc1ccc(CNC(=O)c2cc3c(C)nn(-c4ccc(Br)cc4)c3s2)cc1. The standard InChI is InChI=1S/C21H18BrN3O2S/c1-13-18-11-19(20(26)23-12-14-3-9-17(27-2)10-4-14)28-21(18)25(24-13)16-7-5-15(22)6-8-16/h3-11H,12H2,1-2H3,(H,23,26). The summed E-state index contributed by atoms with van der Waals surface area (Å²) in [7, 11) is 1.63. The second-order valence-corrected chi connectivity index (χ2v) is 8.28. The fraction of sp³-hybridized carbons (Fsp3) is 0.143. The van der Waals surface area contributed by atoms with Crippen LogP contribution in [-0.2, 0) is 6.54 Å². The molecule has 7 heteroatoms. The van der Waals surface area contributed by atoms with Crippen molar-refractivity contribution in [2.75, 3.05) is 7.11 Å². The molecule has 4 rings (SSSR count). The van der Waals surface area contributed by atoms with Crippen molar-refractivity contribution in [2.45, 2.75) is 13.5 Å². The maximum Gasteiger partial charge on any atom is 0.261 e. The lowest BCUT2D eigenvalue weighted by atomic mass is 10.2. The fourth-order valence-corrected chi connectivity index (χ4v) is 4.29. The number of nitrogens with one attached hydrogen (secondary N) is 1. The van der Waals surface area contributed by atoms with Gasteiger partial charge in [0.05, 0.1) is 23.4 Å². The highest BCUT2D eigenvalue weighted by Gasteiger charge is 2.17. The molecule has 5 nitrogen and oxygen atoms in total. The molecule has 0 bridgehead atoms. The van der Waals surface area contributed by atoms with E-state index in [2.05, 4.69) is 26.3 Å². The molecule has 28 heavy (non-hydrogen) atoms. The second kappa shape index (κ2) is 7.77. The molecule has 0 fully saturated rings. The first-order valence-electron chi connectivity index (χ1n) is 8.71. The van der Waals surface area contributed by atoms with Gasteiger partial charge in [0, 0.05) is 16.4 Å². The predicted octanol–water partition coefficient (Wildman–Crippen LogP) is 5.10. The number of ether oxygens (including phenoxy) is 1. The first kappa shape index (κ1) is 18.7. The summed E-state index contributed by atoms with van der Waals surface area (Å²) in [6.45, 7) is 2.43. The maximum atomic E-state index is 12.7. The normalized spacial score (nSPS) is 11.0. The van der Waals surface area contributed by atoms with Crippen LogP contribution in [0.2, 0.25) is 0 Å². The van der Waals surface area contributed by atoms with Crippen molar-refractivity contribution in [3.63, 3.8) is 0 Å². The van der Waals surface area contributed by atoms with Gasteiger partial charge in [0.15, 0.2) is 0 Å². The number of hydrogen-bond donors (Lipinski definition) is 1. The average molecular weight is 456 g/mol. The van der Waals surface area contributed by atoms with E-state index < -0.39 is 0 Å². The average Bonchev–Trinajstić information content (AvgIpc) is 3.28. The van der Waals surface area contributed by atoms with Gasteiger partial charge < -0.3 is 10.1 Å². The number of carbonyl (C=O) groups is 1. The van der Waals surface area contributed by atoms with Crippen molar-refractivity contribution in [3.05, 3.63) is 75.2 Å². The van der Waals surface area contributed by atoms with Crippen molar-refractivity contribution >= 4 is 43.4 Å². The monoisotopic (exact) mass is 455 g/mol. The third-order valence-corrected chi connectivity index (χ3v) is 6.09. The molecule has 1 N–H and O–H groups in total. The van der Waals surface area contributed by atoms with Gasteiger partial charge in [-0.25, -0.2) is 4.68 Å². The van der Waals surface area contributed by atoms with Crippen LogP contribution in [0.25, 0.3) is 15.9 Å². The predicted molar refractivity (Wildman–Crippen MR) is 116 cm³/mol. The highest BCUT2D eigenvalue weighted by Crippen LogP contribution is 2.30. The Morgan fingerprint density at radius 3 is 2.57 bits per heavy atom. The molecule has 0 aliphatic rings. The van der Waals surface area contributed by atoms with Crippen molar-refractivity contribution in [1.29, 1.82) is 0 Å². The van der Waals surface area contributed by atoms with E-state index in [-0.39, 0.29) is 5.91 Å². The van der Waals surface area contributed by atoms with Gasteiger partial charge in [0.1, 0.15) is 10.6 Å². The first-order chi connectivity index (χ1) is 13.5. The topological polar surface area (TPSA) is 56.1 Å². The zero-order valence-electron chi connectivity index (χ0n) is 15.4. The van der Waals surface area contributed by atoms with Gasteiger partial charge >= 0.3 is 0 Å². The van der Waals surface area contributed by atoms with E-state index in [0.29, 0.717) is 11.4 Å². The molecule has 4 aromatic rings. The zero-order chi connectivity index (χ0) is 19.7. The van der Waals surface area contributed by atoms with Gasteiger partial charge in [-0.05, 0) is 55.0 Å². The molecule has 0 aliphatic carbocycles. The fourth-order valence-electron chi connectivity index (χ4n) is 2.93. The third kappa shape index (κ3) is 3.68. The number of hydrogen-bond acceptors (Lipinski definition) is 4. The Balaban J connectivity index is 1.56. The summed E-state index contributed by atoms with van der Waals surface area (Å²) in [6.07, 6.45) is 0. The van der Waals surface area contributed by atoms with Crippen LogP contribution in [0.3, 0.4) is 0 Å². The Morgan fingerprint density at radius 1 is 1.18 bits per heavy atom. The van der Waals surface area contributed by atoms with Gasteiger partial charge in [0.25, 0.3) is 5.91 Å². The molecule has 0 saturated heterocycles. The molecule has 0 radical (unpaired) electrons. The van der Waals surface area contributed by atoms with Crippen molar-refractivity contribution in [1.82, 2.24) is 15.1 Å². The molecule has 2 aromatic carbocycles. The van der Waals surface area contributed by atoms with Crippen molar-refractivity contribution in [3.8, 4) is 11.4 Å². The number of methoxy groups -OCH3 is 1. The molecule has 1 amide bonds. The number of aromatic nitrogens is 2. The zero-order valence-corrected chi connectivity index (χ0v) is 17.8. The first-order valence-corrected chi connectivity index (χ1v) is 10.3. The largest absolute Gasteiger partial charge is 0.497 e. The lowest BCUT2D eigenvalue weighted by Gasteiger charge is -2.05. The Kier molecular flexibility index (Phi) is 5.19. The molecule has 0 aliphatic heterocycles. The molecule has 0 unspecified atom stereocenters. The summed E-state index contributed by atoms with van der Waals surface area (Å²) in [5, 5.41) is 8.61. The lowest BCUT2D eigenvalue weighted by molar-refractivity contribution is 0.0955. The summed E-state index contributed by atoms with van der Waals surface area (Å²) in [6, 6.07) is 17.5. The molecule has 0 spiro atoms. The van der Waals surface area contributed by atoms with Crippen LogP contribution in [0, 0.1) is 6.92 Å². The Hall–Kier alpha value is -2.64. The quantitative estimate of drug-likeness (QED) is 0.455. The van der Waals surface area contributed by atoms with Crippen LogP contribution < -0.4 is 10.1 Å². The lowest BCUT2D eigenvalue weighted by Crippen LogP contribution is -2.21. The van der Waals surface area contributed by atoms with Gasteiger partial charge in [-0.3, -0.25) is 4.79 Å². The van der Waals surface area contributed by atoms with Crippen LogP contribution in [0.4, 0.5) is 0 Å². The number of benzene rings is 2. The molecular weight excluding hydrogens is 438 g/mol. The molecule has 2 aromatic heterocycles. The maximum absolute atomic E-state index is 12.7. The van der Waals surface area contributed by atoms with Crippen molar-refractivity contribution < 1.29 is 9.53 Å². The summed E-state index contributed by atoms with van der Waals surface area (Å²) in [4.78, 5) is 14.3. The second-order valence-electron chi connectivity index (χ2n) is 6.33. The smallest absolute Gasteiger partial charge is 0.261 e. The van der Waals surface area contributed by atoms with E-state index in [4.69, 9.17) is 4.74 Å². The van der Waals surface area contributed by atoms with E-state index in [1.165, 1.54) is 11.3 Å². The van der Waals surface area contributed by atoms with Crippen LogP contribution in [0.1, 0.15) is 20.9 Å². The number of carbonyl (C=O) groups excluding carboxylic acids is 1. The Morgan fingerprint density at radius 2 is 1.89 bits per heavy atom. The number of nitrogens with zero attached hydrogens (tertiary/aromatic N) is 2. The minimum atomic E-state index is -0.0845. The summed E-state index contributed by atoms with van der Waals surface area (Å²) < 4.78 is 8.06. The van der Waals surface area contributed by atoms with E-state index in [9.17, 15) is 4.79 Å². The summed E-state index contributed by atoms with van der Waals surface area (Å²) in [5.41, 5.74) is 2.89. The van der Waals surface area contributed by atoms with Crippen LogP contribution in [0.5, 0.6) is 5.75 Å². The number of fused-ring (bicyclic) bond motifs is 1. The number of rotatable bonds is 5. The van der Waals surface area contributed by atoms with E-state index >= 15 is 0 Å². The van der Waals surface area contributed by atoms with Crippen molar-refractivity contribution in [2.24, 2.45) is 0 Å². The molecular formula is C21H18BrN3O2S. The van der Waals surface area contributed by atoms with Gasteiger partial charge in [-0.2, -0.15) is 5.10 Å². The molecule has 2 heterocycles. The van der Waals surface area contributed by atoms with Crippen LogP contribution >= 0.6 is 27.3 Å².